The molecule has 31 heavy (non-hydrogen) atoms. The Morgan fingerprint density at radius 3 is 2.29 bits per heavy atom. The summed E-state index contributed by atoms with van der Waals surface area (Å²) in [5, 5.41) is 6.23. The van der Waals surface area contributed by atoms with Gasteiger partial charge in [-0.3, -0.25) is 9.59 Å². The fourth-order valence-corrected chi connectivity index (χ4v) is 6.45. The van der Waals surface area contributed by atoms with Gasteiger partial charge in [-0.25, -0.2) is 0 Å². The molecule has 7 rings (SSSR count). The maximum absolute atomic E-state index is 13.1. The Kier molecular flexibility index (Phi) is 3.95. The number of hydrogen-bond donors (Lipinski definition) is 0. The number of carbonyl (C=O) groups is 2. The van der Waals surface area contributed by atoms with Gasteiger partial charge in [-0.1, -0.05) is 29.8 Å². The van der Waals surface area contributed by atoms with E-state index in [1.54, 1.807) is 6.21 Å². The Bertz CT molecular complexity index is 1170. The summed E-state index contributed by atoms with van der Waals surface area (Å²) < 4.78 is 2.13. The van der Waals surface area contributed by atoms with Crippen molar-refractivity contribution in [3.8, 4) is 5.69 Å². The number of hydrazone groups is 1. The Hall–Kier alpha value is -2.66. The molecule has 0 unspecified atom stereocenters. The number of amides is 2. The van der Waals surface area contributed by atoms with E-state index in [9.17, 15) is 9.59 Å². The number of rotatable bonds is 3. The first-order valence-electron chi connectivity index (χ1n) is 10.9. The zero-order valence-electron chi connectivity index (χ0n) is 17.7. The van der Waals surface area contributed by atoms with Crippen molar-refractivity contribution in [1.29, 1.82) is 0 Å². The topological polar surface area (TPSA) is 54.7 Å². The van der Waals surface area contributed by atoms with Gasteiger partial charge in [-0.2, -0.15) is 10.1 Å². The van der Waals surface area contributed by atoms with Crippen molar-refractivity contribution in [1.82, 2.24) is 9.58 Å². The molecular formula is C25H24ClN3O2. The van der Waals surface area contributed by atoms with Gasteiger partial charge in [-0.05, 0) is 74.6 Å². The van der Waals surface area contributed by atoms with E-state index < -0.39 is 0 Å². The molecule has 2 heterocycles. The minimum Gasteiger partial charge on any atom is -0.318 e. The van der Waals surface area contributed by atoms with Crippen molar-refractivity contribution < 1.29 is 9.59 Å². The van der Waals surface area contributed by atoms with Crippen LogP contribution in [-0.2, 0) is 9.59 Å². The van der Waals surface area contributed by atoms with Gasteiger partial charge in [0.25, 0.3) is 11.8 Å². The monoisotopic (exact) mass is 433 g/mol. The molecule has 2 saturated carbocycles. The fourth-order valence-electron chi connectivity index (χ4n) is 6.29. The Morgan fingerprint density at radius 1 is 1.00 bits per heavy atom. The number of allylic oxidation sites excluding steroid dienone is 2. The van der Waals surface area contributed by atoms with Crippen LogP contribution in [0.4, 0.5) is 0 Å². The standard InChI is InChI=1S/C25H24ClN3O2/c1-12-4-5-16(26)9-21(12)28-13(2)8-15(14(28)3)11-27-29-24(30)22-17-6-7-18(20-10-19(17)20)23(22)25(29)31/h4-9,11,17-20,22-23H,10H2,1-3H3/b27-11-/t17-,18-,19-,20-,22-,23+/m0/s1. The van der Waals surface area contributed by atoms with E-state index in [0.717, 1.165) is 39.6 Å². The number of carbonyl (C=O) groups excluding carboxylic acids is 2. The van der Waals surface area contributed by atoms with Crippen LogP contribution >= 0.6 is 11.6 Å². The van der Waals surface area contributed by atoms with E-state index >= 15 is 0 Å². The van der Waals surface area contributed by atoms with Crippen LogP contribution in [-0.4, -0.2) is 27.6 Å². The summed E-state index contributed by atoms with van der Waals surface area (Å²) in [7, 11) is 0. The second-order valence-corrected chi connectivity index (χ2v) is 9.92. The molecule has 158 valence electrons. The van der Waals surface area contributed by atoms with E-state index in [0.29, 0.717) is 16.9 Å². The van der Waals surface area contributed by atoms with Crippen LogP contribution in [0.2, 0.25) is 5.02 Å². The minimum absolute atomic E-state index is 0.129. The second kappa shape index (κ2) is 6.42. The van der Waals surface area contributed by atoms with Gasteiger partial charge in [0.2, 0.25) is 0 Å². The number of aromatic nitrogens is 1. The quantitative estimate of drug-likeness (QED) is 0.408. The molecule has 1 aromatic carbocycles. The molecular weight excluding hydrogens is 410 g/mol. The van der Waals surface area contributed by atoms with Gasteiger partial charge < -0.3 is 4.57 Å². The van der Waals surface area contributed by atoms with E-state index in [1.807, 2.05) is 38.1 Å². The van der Waals surface area contributed by atoms with Crippen molar-refractivity contribution in [2.45, 2.75) is 27.2 Å². The smallest absolute Gasteiger partial charge is 0.254 e. The largest absolute Gasteiger partial charge is 0.318 e. The van der Waals surface area contributed by atoms with Gasteiger partial charge in [0, 0.05) is 27.7 Å². The molecule has 3 fully saturated rings. The highest BCUT2D eigenvalue weighted by molar-refractivity contribution is 6.30. The lowest BCUT2D eigenvalue weighted by molar-refractivity contribution is -0.140. The van der Waals surface area contributed by atoms with Crippen molar-refractivity contribution in [3.63, 3.8) is 0 Å². The molecule has 0 radical (unpaired) electrons. The Morgan fingerprint density at radius 2 is 1.65 bits per heavy atom. The van der Waals surface area contributed by atoms with Crippen LogP contribution in [0.1, 0.15) is 28.9 Å². The summed E-state index contributed by atoms with van der Waals surface area (Å²) in [6.07, 6.45) is 7.18. The van der Waals surface area contributed by atoms with Crippen LogP contribution in [0.25, 0.3) is 5.69 Å². The molecule has 1 aliphatic heterocycles. The average Bonchev–Trinajstić information content (AvgIpc) is 3.47. The molecule has 1 aromatic heterocycles. The van der Waals surface area contributed by atoms with Crippen LogP contribution in [0.15, 0.2) is 41.5 Å². The molecule has 0 N–H and O–H groups in total. The lowest BCUT2D eigenvalue weighted by Crippen LogP contribution is -2.40. The molecule has 2 aromatic rings. The van der Waals surface area contributed by atoms with E-state index in [2.05, 4.69) is 28.7 Å². The number of imide groups is 1. The molecule has 2 amide bonds. The predicted molar refractivity (Wildman–Crippen MR) is 119 cm³/mol. The van der Waals surface area contributed by atoms with Crippen LogP contribution < -0.4 is 0 Å². The van der Waals surface area contributed by atoms with Crippen molar-refractivity contribution in [2.24, 2.45) is 40.6 Å². The average molecular weight is 434 g/mol. The van der Waals surface area contributed by atoms with Crippen LogP contribution in [0.3, 0.4) is 0 Å². The van der Waals surface area contributed by atoms with E-state index in [1.165, 1.54) is 0 Å². The number of halogens is 1. The number of nitrogens with zero attached hydrogens (tertiary/aromatic N) is 3. The van der Waals surface area contributed by atoms with Gasteiger partial charge >= 0.3 is 0 Å². The highest BCUT2D eigenvalue weighted by atomic mass is 35.5. The lowest BCUT2D eigenvalue weighted by atomic mass is 9.63. The second-order valence-electron chi connectivity index (χ2n) is 9.48. The molecule has 0 spiro atoms. The van der Waals surface area contributed by atoms with Crippen molar-refractivity contribution in [2.75, 3.05) is 0 Å². The summed E-state index contributed by atoms with van der Waals surface area (Å²) in [5.41, 5.74) is 5.05. The molecule has 4 aliphatic carbocycles. The predicted octanol–water partition coefficient (Wildman–Crippen LogP) is 4.44. The number of aryl methyl sites for hydroxylation is 2. The summed E-state index contributed by atoms with van der Waals surface area (Å²) in [4.78, 5) is 26.2. The zero-order valence-corrected chi connectivity index (χ0v) is 18.5. The van der Waals surface area contributed by atoms with Gasteiger partial charge in [0.1, 0.15) is 0 Å². The van der Waals surface area contributed by atoms with E-state index in [4.69, 9.17) is 11.6 Å². The molecule has 5 nitrogen and oxygen atoms in total. The third-order valence-corrected chi connectivity index (χ3v) is 8.07. The highest BCUT2D eigenvalue weighted by Crippen LogP contribution is 2.65. The first-order chi connectivity index (χ1) is 14.9. The summed E-state index contributed by atoms with van der Waals surface area (Å²) >= 11 is 6.23. The summed E-state index contributed by atoms with van der Waals surface area (Å²) in [6, 6.07) is 7.86. The zero-order chi connectivity index (χ0) is 21.6. The van der Waals surface area contributed by atoms with Crippen molar-refractivity contribution >= 4 is 29.6 Å². The van der Waals surface area contributed by atoms with Gasteiger partial charge in [0.05, 0.1) is 18.1 Å². The van der Waals surface area contributed by atoms with Gasteiger partial charge in [0.15, 0.2) is 0 Å². The highest BCUT2D eigenvalue weighted by Gasteiger charge is 2.67. The third kappa shape index (κ3) is 2.59. The molecule has 1 saturated heterocycles. The SMILES string of the molecule is Cc1ccc(Cl)cc1-n1c(C)cc(/C=N\N2C(=O)[C@@H]3[C@H]4C=C[C@@H]([C@@H]5C[C@@H]45)[C@@H]3C2=O)c1C. The Labute approximate surface area is 186 Å². The van der Waals surface area contributed by atoms with E-state index in [-0.39, 0.29) is 35.5 Å². The molecule has 5 aliphatic rings. The maximum atomic E-state index is 13.1. The number of hydrogen-bond acceptors (Lipinski definition) is 3. The normalized spacial score (nSPS) is 32.8. The summed E-state index contributed by atoms with van der Waals surface area (Å²) in [6.45, 7) is 6.09. The summed E-state index contributed by atoms with van der Waals surface area (Å²) in [5.74, 6) is 0.925. The van der Waals surface area contributed by atoms with Crippen LogP contribution in [0, 0.1) is 56.3 Å². The number of benzene rings is 1. The molecule has 6 heteroatoms. The van der Waals surface area contributed by atoms with Crippen LogP contribution in [0.5, 0.6) is 0 Å². The van der Waals surface area contributed by atoms with Gasteiger partial charge in [-0.15, -0.1) is 0 Å². The maximum Gasteiger partial charge on any atom is 0.254 e. The fraction of sp³-hybridized carbons (Fsp3) is 0.400. The lowest BCUT2D eigenvalue weighted by Gasteiger charge is -2.37. The Balaban J connectivity index is 1.32. The van der Waals surface area contributed by atoms with Crippen molar-refractivity contribution in [3.05, 3.63) is 64.0 Å². The first-order valence-corrected chi connectivity index (χ1v) is 11.3. The molecule has 2 bridgehead atoms. The molecule has 6 atom stereocenters. The minimum atomic E-state index is -0.218. The first kappa shape index (κ1) is 19.1. The third-order valence-electron chi connectivity index (χ3n) is 7.83.